The van der Waals surface area contributed by atoms with Crippen LogP contribution in [0.5, 0.6) is 5.75 Å². The fourth-order valence-corrected chi connectivity index (χ4v) is 2.83. The van der Waals surface area contributed by atoms with Gasteiger partial charge in [0.15, 0.2) is 0 Å². The van der Waals surface area contributed by atoms with Crippen LogP contribution in [0.3, 0.4) is 0 Å². The minimum atomic E-state index is 0.179. The van der Waals surface area contributed by atoms with Crippen molar-refractivity contribution in [3.05, 3.63) is 29.3 Å². The Bertz CT molecular complexity index is 431. The number of halogens is 1. The Hall–Kier alpha value is -0.730. The van der Waals surface area contributed by atoms with E-state index in [1.165, 1.54) is 11.1 Å². The predicted molar refractivity (Wildman–Crippen MR) is 76.4 cm³/mol. The Morgan fingerprint density at radius 1 is 1.44 bits per heavy atom. The summed E-state index contributed by atoms with van der Waals surface area (Å²) < 4.78 is 5.39. The van der Waals surface area contributed by atoms with Crippen molar-refractivity contribution in [2.45, 2.75) is 45.2 Å². The molecule has 0 aliphatic heterocycles. The van der Waals surface area contributed by atoms with E-state index in [4.69, 9.17) is 16.3 Å². The first kappa shape index (κ1) is 13.7. The van der Waals surface area contributed by atoms with Crippen molar-refractivity contribution < 1.29 is 4.74 Å². The van der Waals surface area contributed by atoms with Crippen LogP contribution < -0.4 is 10.1 Å². The fourth-order valence-electron chi connectivity index (χ4n) is 2.50. The first-order valence-electron chi connectivity index (χ1n) is 6.46. The molecular weight excluding hydrogens is 246 g/mol. The quantitative estimate of drug-likeness (QED) is 0.843. The van der Waals surface area contributed by atoms with E-state index >= 15 is 0 Å². The fraction of sp³-hybridized carbons (Fsp3) is 0.600. The maximum Gasteiger partial charge on any atom is 0.123 e. The predicted octanol–water partition coefficient (Wildman–Crippen LogP) is 3.50. The van der Waals surface area contributed by atoms with Crippen molar-refractivity contribution in [2.75, 3.05) is 7.11 Å². The largest absolute Gasteiger partial charge is 0.496 e. The molecule has 1 fully saturated rings. The number of methoxy groups -OCH3 is 1. The third-order valence-corrected chi connectivity index (χ3v) is 4.86. The van der Waals surface area contributed by atoms with E-state index in [-0.39, 0.29) is 10.8 Å². The van der Waals surface area contributed by atoms with Crippen molar-refractivity contribution in [3.8, 4) is 5.75 Å². The standard InChI is InChI=1S/C15H22ClNO/c1-10-5-6-12(18-4)11(7-10)9-17-14-8-13(16)15(14,2)3/h5-7,13-14,17H,8-9H2,1-4H3. The van der Waals surface area contributed by atoms with Crippen LogP contribution in [0.4, 0.5) is 0 Å². The highest BCUT2D eigenvalue weighted by Gasteiger charge is 2.46. The van der Waals surface area contributed by atoms with Gasteiger partial charge in [0.2, 0.25) is 0 Å². The summed E-state index contributed by atoms with van der Waals surface area (Å²) in [5.41, 5.74) is 2.65. The van der Waals surface area contributed by atoms with Gasteiger partial charge in [0, 0.05) is 23.5 Å². The van der Waals surface area contributed by atoms with Crippen LogP contribution in [-0.4, -0.2) is 18.5 Å². The molecule has 1 aromatic rings. The first-order valence-corrected chi connectivity index (χ1v) is 6.89. The zero-order valence-electron chi connectivity index (χ0n) is 11.6. The summed E-state index contributed by atoms with van der Waals surface area (Å²) in [6.07, 6.45) is 1.04. The molecule has 1 N–H and O–H groups in total. The van der Waals surface area contributed by atoms with Crippen LogP contribution in [0, 0.1) is 12.3 Å². The van der Waals surface area contributed by atoms with Crippen molar-refractivity contribution >= 4 is 11.6 Å². The Kier molecular flexibility index (Phi) is 3.88. The number of ether oxygens (including phenoxy) is 1. The highest BCUT2D eigenvalue weighted by atomic mass is 35.5. The van der Waals surface area contributed by atoms with Gasteiger partial charge in [-0.3, -0.25) is 0 Å². The molecule has 0 saturated heterocycles. The second-order valence-electron chi connectivity index (χ2n) is 5.77. The molecule has 2 atom stereocenters. The summed E-state index contributed by atoms with van der Waals surface area (Å²) in [4.78, 5) is 0. The van der Waals surface area contributed by atoms with Gasteiger partial charge >= 0.3 is 0 Å². The molecule has 0 amide bonds. The lowest BCUT2D eigenvalue weighted by Crippen LogP contribution is -2.57. The summed E-state index contributed by atoms with van der Waals surface area (Å²) in [6.45, 7) is 7.38. The van der Waals surface area contributed by atoms with E-state index in [0.29, 0.717) is 6.04 Å². The van der Waals surface area contributed by atoms with E-state index in [9.17, 15) is 0 Å². The van der Waals surface area contributed by atoms with Gasteiger partial charge in [-0.15, -0.1) is 11.6 Å². The topological polar surface area (TPSA) is 21.3 Å². The third kappa shape index (κ3) is 2.50. The molecule has 0 bridgehead atoms. The van der Waals surface area contributed by atoms with E-state index in [0.717, 1.165) is 18.7 Å². The van der Waals surface area contributed by atoms with Gasteiger partial charge in [-0.2, -0.15) is 0 Å². The summed E-state index contributed by atoms with van der Waals surface area (Å²) in [5.74, 6) is 0.952. The summed E-state index contributed by atoms with van der Waals surface area (Å²) in [7, 11) is 1.72. The van der Waals surface area contributed by atoms with Gasteiger partial charge in [-0.25, -0.2) is 0 Å². The number of aryl methyl sites for hydroxylation is 1. The molecule has 1 aliphatic rings. The molecule has 1 saturated carbocycles. The van der Waals surface area contributed by atoms with Crippen LogP contribution in [0.1, 0.15) is 31.4 Å². The zero-order chi connectivity index (χ0) is 13.3. The van der Waals surface area contributed by atoms with Crippen molar-refractivity contribution in [2.24, 2.45) is 5.41 Å². The van der Waals surface area contributed by atoms with Crippen molar-refractivity contribution in [1.29, 1.82) is 0 Å². The minimum Gasteiger partial charge on any atom is -0.496 e. The van der Waals surface area contributed by atoms with Gasteiger partial charge in [0.1, 0.15) is 5.75 Å². The lowest BCUT2D eigenvalue weighted by atomic mass is 9.67. The van der Waals surface area contributed by atoms with Crippen LogP contribution in [0.15, 0.2) is 18.2 Å². The lowest BCUT2D eigenvalue weighted by molar-refractivity contribution is 0.115. The normalized spacial score (nSPS) is 25.6. The number of hydrogen-bond donors (Lipinski definition) is 1. The lowest BCUT2D eigenvalue weighted by Gasteiger charge is -2.49. The number of nitrogens with one attached hydrogen (secondary N) is 1. The van der Waals surface area contributed by atoms with E-state index in [1.807, 2.05) is 6.07 Å². The van der Waals surface area contributed by atoms with Crippen molar-refractivity contribution in [1.82, 2.24) is 5.32 Å². The Morgan fingerprint density at radius 2 is 2.17 bits per heavy atom. The van der Waals surface area contributed by atoms with Gasteiger partial charge in [0.05, 0.1) is 7.11 Å². The number of benzene rings is 1. The van der Waals surface area contributed by atoms with Crippen LogP contribution >= 0.6 is 11.6 Å². The average molecular weight is 268 g/mol. The van der Waals surface area contributed by atoms with E-state index in [2.05, 4.69) is 38.2 Å². The Labute approximate surface area is 115 Å². The molecule has 0 radical (unpaired) electrons. The second-order valence-corrected chi connectivity index (χ2v) is 6.30. The van der Waals surface area contributed by atoms with Crippen LogP contribution in [0.2, 0.25) is 0 Å². The molecule has 100 valence electrons. The van der Waals surface area contributed by atoms with E-state index < -0.39 is 0 Å². The maximum atomic E-state index is 6.24. The second kappa shape index (κ2) is 5.10. The van der Waals surface area contributed by atoms with Crippen LogP contribution in [-0.2, 0) is 6.54 Å². The molecule has 2 nitrogen and oxygen atoms in total. The molecule has 0 heterocycles. The summed E-state index contributed by atoms with van der Waals surface area (Å²) >= 11 is 6.24. The van der Waals surface area contributed by atoms with Gasteiger partial charge in [-0.1, -0.05) is 31.5 Å². The monoisotopic (exact) mass is 267 g/mol. The molecule has 0 aromatic heterocycles. The van der Waals surface area contributed by atoms with Crippen molar-refractivity contribution in [3.63, 3.8) is 0 Å². The maximum absolute atomic E-state index is 6.24. The molecule has 2 rings (SSSR count). The van der Waals surface area contributed by atoms with Crippen LogP contribution in [0.25, 0.3) is 0 Å². The zero-order valence-corrected chi connectivity index (χ0v) is 12.3. The highest BCUT2D eigenvalue weighted by molar-refractivity contribution is 6.21. The van der Waals surface area contributed by atoms with Gasteiger partial charge < -0.3 is 10.1 Å². The molecule has 3 heteroatoms. The number of alkyl halides is 1. The number of hydrogen-bond acceptors (Lipinski definition) is 2. The molecule has 1 aliphatic carbocycles. The summed E-state index contributed by atoms with van der Waals surface area (Å²) in [6, 6.07) is 6.77. The molecular formula is C15H22ClNO. The molecule has 2 unspecified atom stereocenters. The smallest absolute Gasteiger partial charge is 0.123 e. The Morgan fingerprint density at radius 3 is 2.72 bits per heavy atom. The highest BCUT2D eigenvalue weighted by Crippen LogP contribution is 2.44. The minimum absolute atomic E-state index is 0.179. The van der Waals surface area contributed by atoms with E-state index in [1.54, 1.807) is 7.11 Å². The molecule has 1 aromatic carbocycles. The molecule has 18 heavy (non-hydrogen) atoms. The SMILES string of the molecule is COc1ccc(C)cc1CNC1CC(Cl)C1(C)C. The number of rotatable bonds is 4. The summed E-state index contributed by atoms with van der Waals surface area (Å²) in [5, 5.41) is 3.88. The third-order valence-electron chi connectivity index (χ3n) is 4.12. The van der Waals surface area contributed by atoms with Gasteiger partial charge in [0.25, 0.3) is 0 Å². The average Bonchev–Trinajstić information content (AvgIpc) is 2.34. The first-order chi connectivity index (χ1) is 8.45. The Balaban J connectivity index is 2.01. The molecule has 0 spiro atoms. The van der Waals surface area contributed by atoms with Gasteiger partial charge in [-0.05, 0) is 24.8 Å².